The first-order valence-electron chi connectivity index (χ1n) is 25.3. The minimum absolute atomic E-state index is 0.168. The molecule has 3 aliphatic carbocycles. The predicted octanol–water partition coefficient (Wildman–Crippen LogP) is 17.9. The van der Waals surface area contributed by atoms with Gasteiger partial charge in [-0.1, -0.05) is 250 Å². The summed E-state index contributed by atoms with van der Waals surface area (Å²) in [4.78, 5) is 2.53. The summed E-state index contributed by atoms with van der Waals surface area (Å²) in [6, 6.07) is 102. The van der Waals surface area contributed by atoms with Gasteiger partial charge in [0.2, 0.25) is 0 Å². The first-order valence-corrected chi connectivity index (χ1v) is 25.3. The molecule has 0 bridgehead atoms. The van der Waals surface area contributed by atoms with Crippen LogP contribution >= 0.6 is 0 Å². The Labute approximate surface area is 423 Å². The topological polar surface area (TPSA) is 3.24 Å². The van der Waals surface area contributed by atoms with E-state index in [1.807, 2.05) is 0 Å². The van der Waals surface area contributed by atoms with Crippen molar-refractivity contribution in [2.45, 2.75) is 30.1 Å². The average Bonchev–Trinajstić information content (AvgIpc) is 3.92. The van der Waals surface area contributed by atoms with Gasteiger partial charge in [0.1, 0.15) is 0 Å². The monoisotopic (exact) mass is 917 g/mol. The highest BCUT2D eigenvalue weighted by Crippen LogP contribution is 2.63. The minimum atomic E-state index is -0.614. The van der Waals surface area contributed by atoms with Crippen LogP contribution in [0.3, 0.4) is 0 Å². The summed E-state index contributed by atoms with van der Waals surface area (Å²) >= 11 is 0. The number of nitrogens with zero attached hydrogens (tertiary/aromatic N) is 1. The standard InChI is InChI=1S/C71H51N/c1-69(2)62-34-18-20-36-64(62)71(65-37-21-19-35-63(65)69)60-33-17-15-32-56(60)59-46-53(41-44-61(59)71)72(68-38-22-16-31-55(68)49-25-9-4-10-26-49)54-40-43-58-57-42-39-50(48-23-7-3-8-24-48)45-66(57)70(67(58)47-54,51-27-11-5-12-28-51)52-29-13-6-14-30-52/h3-47H,1-2H3. The Kier molecular flexibility index (Phi) is 9.44. The van der Waals surface area contributed by atoms with Gasteiger partial charge in [0.05, 0.1) is 16.5 Å². The Morgan fingerprint density at radius 3 is 1.31 bits per heavy atom. The van der Waals surface area contributed by atoms with Crippen LogP contribution in [-0.4, -0.2) is 0 Å². The number of fused-ring (bicyclic) bond motifs is 12. The van der Waals surface area contributed by atoms with Crippen LogP contribution in [0.1, 0.15) is 69.5 Å². The van der Waals surface area contributed by atoms with Gasteiger partial charge >= 0.3 is 0 Å². The molecule has 11 aromatic rings. The molecule has 340 valence electrons. The second-order valence-electron chi connectivity index (χ2n) is 20.3. The summed E-state index contributed by atoms with van der Waals surface area (Å²) in [6.45, 7) is 4.79. The van der Waals surface area contributed by atoms with Gasteiger partial charge in [-0.05, 0) is 131 Å². The van der Waals surface area contributed by atoms with Crippen molar-refractivity contribution < 1.29 is 0 Å². The van der Waals surface area contributed by atoms with Crippen molar-refractivity contribution in [2.24, 2.45) is 0 Å². The van der Waals surface area contributed by atoms with Crippen LogP contribution in [0.4, 0.5) is 17.1 Å². The number of hydrogen-bond donors (Lipinski definition) is 0. The number of anilines is 3. The summed E-state index contributed by atoms with van der Waals surface area (Å²) in [6.07, 6.45) is 0. The highest BCUT2D eigenvalue weighted by atomic mass is 15.1. The van der Waals surface area contributed by atoms with Gasteiger partial charge in [-0.3, -0.25) is 0 Å². The third-order valence-electron chi connectivity index (χ3n) is 16.4. The molecule has 1 spiro atoms. The van der Waals surface area contributed by atoms with Gasteiger partial charge in [0, 0.05) is 22.4 Å². The second-order valence-corrected chi connectivity index (χ2v) is 20.3. The van der Waals surface area contributed by atoms with Gasteiger partial charge in [0.25, 0.3) is 0 Å². The van der Waals surface area contributed by atoms with Gasteiger partial charge in [-0.2, -0.15) is 0 Å². The third kappa shape index (κ3) is 5.89. The third-order valence-corrected chi connectivity index (χ3v) is 16.4. The van der Waals surface area contributed by atoms with Crippen LogP contribution in [0.15, 0.2) is 273 Å². The summed E-state index contributed by atoms with van der Waals surface area (Å²) in [5, 5.41) is 0. The van der Waals surface area contributed by atoms with Gasteiger partial charge in [0.15, 0.2) is 0 Å². The SMILES string of the molecule is CC1(C)c2ccccc2C2(c3ccccc3-c3cc(N(c4ccc5c(c4)C(c4ccccc4)(c4ccccc4)c4cc(-c6ccccc6)ccc4-5)c4ccccc4-c4ccccc4)ccc32)c2ccccc21. The molecule has 0 radical (unpaired) electrons. The zero-order valence-corrected chi connectivity index (χ0v) is 40.4. The van der Waals surface area contributed by atoms with E-state index in [9.17, 15) is 0 Å². The fraction of sp³-hybridized carbons (Fsp3) is 0.0704. The Bertz CT molecular complexity index is 3800. The molecule has 0 unspecified atom stereocenters. The van der Waals surface area contributed by atoms with Crippen molar-refractivity contribution in [3.05, 3.63) is 329 Å². The summed E-state index contributed by atoms with van der Waals surface area (Å²) < 4.78 is 0. The fourth-order valence-corrected chi connectivity index (χ4v) is 13.4. The van der Waals surface area contributed by atoms with Crippen LogP contribution in [0.25, 0.3) is 44.5 Å². The predicted molar refractivity (Wildman–Crippen MR) is 299 cm³/mol. The van der Waals surface area contributed by atoms with E-state index >= 15 is 0 Å². The molecule has 0 heterocycles. The molecule has 0 atom stereocenters. The van der Waals surface area contributed by atoms with E-state index in [1.54, 1.807) is 0 Å². The highest BCUT2D eigenvalue weighted by Gasteiger charge is 2.53. The number of benzene rings is 11. The molecule has 1 nitrogen and oxygen atoms in total. The second kappa shape index (κ2) is 16.1. The van der Waals surface area contributed by atoms with E-state index in [1.165, 1.54) is 100 Å². The maximum Gasteiger partial charge on any atom is 0.0719 e. The van der Waals surface area contributed by atoms with Crippen molar-refractivity contribution in [1.82, 2.24) is 0 Å². The zero-order chi connectivity index (χ0) is 48.0. The summed E-state index contributed by atoms with van der Waals surface area (Å²) in [7, 11) is 0. The van der Waals surface area contributed by atoms with Gasteiger partial charge in [-0.15, -0.1) is 0 Å². The van der Waals surface area contributed by atoms with Gasteiger partial charge in [-0.25, -0.2) is 0 Å². The fourth-order valence-electron chi connectivity index (χ4n) is 13.4. The van der Waals surface area contributed by atoms with E-state index in [-0.39, 0.29) is 5.41 Å². The van der Waals surface area contributed by atoms with Crippen molar-refractivity contribution >= 4 is 17.1 Å². The molecule has 3 aliphatic rings. The lowest BCUT2D eigenvalue weighted by molar-refractivity contribution is 0.563. The highest BCUT2D eigenvalue weighted by molar-refractivity contribution is 5.96. The lowest BCUT2D eigenvalue weighted by atomic mass is 9.55. The Morgan fingerprint density at radius 2 is 0.681 bits per heavy atom. The molecule has 0 amide bonds. The number of para-hydroxylation sites is 1. The molecule has 1 heteroatoms. The smallest absolute Gasteiger partial charge is 0.0719 e. The Morgan fingerprint density at radius 1 is 0.250 bits per heavy atom. The largest absolute Gasteiger partial charge is 0.310 e. The van der Waals surface area contributed by atoms with Crippen molar-refractivity contribution in [1.29, 1.82) is 0 Å². The quantitative estimate of drug-likeness (QED) is 0.154. The molecular formula is C71H51N. The first-order chi connectivity index (χ1) is 35.5. The molecule has 11 aromatic carbocycles. The summed E-state index contributed by atoms with van der Waals surface area (Å²) in [5.41, 5.74) is 25.1. The van der Waals surface area contributed by atoms with Crippen LogP contribution in [-0.2, 0) is 16.2 Å². The molecular weight excluding hydrogens is 867 g/mol. The molecule has 0 aromatic heterocycles. The zero-order valence-electron chi connectivity index (χ0n) is 40.4. The van der Waals surface area contributed by atoms with Crippen LogP contribution in [0.5, 0.6) is 0 Å². The lowest BCUT2D eigenvalue weighted by Gasteiger charge is -2.46. The lowest BCUT2D eigenvalue weighted by Crippen LogP contribution is -2.40. The first kappa shape index (κ1) is 42.1. The molecule has 0 aliphatic heterocycles. The minimum Gasteiger partial charge on any atom is -0.310 e. The molecule has 0 N–H and O–H groups in total. The van der Waals surface area contributed by atoms with Crippen LogP contribution in [0, 0.1) is 0 Å². The summed E-state index contributed by atoms with van der Waals surface area (Å²) in [5.74, 6) is 0. The van der Waals surface area contributed by atoms with Crippen molar-refractivity contribution in [3.63, 3.8) is 0 Å². The van der Waals surface area contributed by atoms with Crippen molar-refractivity contribution in [2.75, 3.05) is 4.90 Å². The van der Waals surface area contributed by atoms with Crippen LogP contribution < -0.4 is 4.90 Å². The molecule has 14 rings (SSSR count). The Balaban J connectivity index is 1.05. The van der Waals surface area contributed by atoms with E-state index in [0.29, 0.717) is 0 Å². The van der Waals surface area contributed by atoms with Gasteiger partial charge < -0.3 is 4.90 Å². The van der Waals surface area contributed by atoms with Crippen LogP contribution in [0.2, 0.25) is 0 Å². The maximum atomic E-state index is 2.53. The maximum absolute atomic E-state index is 2.53. The molecule has 0 saturated heterocycles. The van der Waals surface area contributed by atoms with E-state index in [2.05, 4.69) is 292 Å². The molecule has 0 fully saturated rings. The van der Waals surface area contributed by atoms with E-state index < -0.39 is 10.8 Å². The van der Waals surface area contributed by atoms with Crippen molar-refractivity contribution in [3.8, 4) is 44.5 Å². The number of hydrogen-bond acceptors (Lipinski definition) is 1. The number of rotatable bonds is 7. The molecule has 0 saturated carbocycles. The van der Waals surface area contributed by atoms with E-state index in [4.69, 9.17) is 0 Å². The average molecular weight is 918 g/mol. The van der Waals surface area contributed by atoms with E-state index in [0.717, 1.165) is 17.1 Å². The molecule has 72 heavy (non-hydrogen) atoms. The Hall–Kier alpha value is -8.78. The normalized spacial score (nSPS) is 14.6.